The summed E-state index contributed by atoms with van der Waals surface area (Å²) in [6.45, 7) is 23.6. The zero-order valence-corrected chi connectivity index (χ0v) is 27.2. The van der Waals surface area contributed by atoms with Crippen molar-refractivity contribution in [1.29, 1.82) is 0 Å². The fourth-order valence-electron chi connectivity index (χ4n) is 6.21. The van der Waals surface area contributed by atoms with Gasteiger partial charge in [0.2, 0.25) is 0 Å². The molecule has 0 unspecified atom stereocenters. The van der Waals surface area contributed by atoms with Crippen LogP contribution in [0.2, 0.25) is 0 Å². The Kier molecular flexibility index (Phi) is 9.45. The smallest absolute Gasteiger partial charge is 0.00694 e. The van der Waals surface area contributed by atoms with Crippen LogP contribution in [0.4, 0.5) is 0 Å². The zero-order valence-electron chi connectivity index (χ0n) is 27.2. The summed E-state index contributed by atoms with van der Waals surface area (Å²) < 4.78 is 0. The van der Waals surface area contributed by atoms with Crippen molar-refractivity contribution in [3.8, 4) is 0 Å². The van der Waals surface area contributed by atoms with Crippen molar-refractivity contribution in [2.75, 3.05) is 0 Å². The first-order chi connectivity index (χ1) is 21.8. The van der Waals surface area contributed by atoms with Crippen molar-refractivity contribution in [3.63, 3.8) is 0 Å². The monoisotopic (exact) mass is 582 g/mol. The van der Waals surface area contributed by atoms with Crippen LogP contribution in [-0.4, -0.2) is 0 Å². The quantitative estimate of drug-likeness (QED) is 0.150. The largest absolute Gasteiger partial charge is 0.0984 e. The molecule has 0 fully saturated rings. The van der Waals surface area contributed by atoms with Gasteiger partial charge in [-0.05, 0) is 122 Å². The molecule has 0 nitrogen and oxygen atoms in total. The number of fused-ring (bicyclic) bond motifs is 4. The second-order valence-corrected chi connectivity index (χ2v) is 11.7. The Morgan fingerprint density at radius 1 is 0.556 bits per heavy atom. The van der Waals surface area contributed by atoms with Crippen LogP contribution in [-0.2, 0) is 0 Å². The highest BCUT2D eigenvalue weighted by Gasteiger charge is 2.19. The van der Waals surface area contributed by atoms with E-state index in [1.165, 1.54) is 55.0 Å². The van der Waals surface area contributed by atoms with Gasteiger partial charge in [0, 0.05) is 0 Å². The van der Waals surface area contributed by atoms with E-state index in [-0.39, 0.29) is 0 Å². The van der Waals surface area contributed by atoms with Gasteiger partial charge in [-0.3, -0.25) is 0 Å². The molecule has 1 aliphatic carbocycles. The molecule has 0 atom stereocenters. The molecular weight excluding hydrogens is 540 g/mol. The average molecular weight is 583 g/mol. The van der Waals surface area contributed by atoms with E-state index in [4.69, 9.17) is 0 Å². The first-order valence-electron chi connectivity index (χ1n) is 15.6. The van der Waals surface area contributed by atoms with Crippen LogP contribution in [0.5, 0.6) is 0 Å². The first-order valence-corrected chi connectivity index (χ1v) is 15.6. The molecule has 2 bridgehead atoms. The van der Waals surface area contributed by atoms with E-state index < -0.39 is 0 Å². The third-order valence-electron chi connectivity index (χ3n) is 8.70. The van der Waals surface area contributed by atoms with Gasteiger partial charge in [0.15, 0.2) is 0 Å². The summed E-state index contributed by atoms with van der Waals surface area (Å²) in [5, 5.41) is 6.96. The Bertz CT molecular complexity index is 2130. The minimum absolute atomic E-state index is 0.956. The maximum absolute atomic E-state index is 4.48. The SMILES string of the molecule is C=CC1=C(/C=C(\C)c2c3ccccc3c(/C(C)=C/C=C(C)/C(C)=C/C=C\C)c3ccccc23)c2cccc(=C)cccc1c2=C. The maximum Gasteiger partial charge on any atom is -0.00694 e. The molecule has 45 heavy (non-hydrogen) atoms. The van der Waals surface area contributed by atoms with Crippen molar-refractivity contribution >= 4 is 57.0 Å². The van der Waals surface area contributed by atoms with E-state index in [1.807, 2.05) is 31.2 Å². The third-order valence-corrected chi connectivity index (χ3v) is 8.70. The summed E-state index contributed by atoms with van der Waals surface area (Å²) in [4.78, 5) is 0. The highest BCUT2D eigenvalue weighted by atomic mass is 14.2. The van der Waals surface area contributed by atoms with Crippen molar-refractivity contribution < 1.29 is 0 Å². The molecule has 5 rings (SSSR count). The van der Waals surface area contributed by atoms with Crippen LogP contribution in [0.15, 0.2) is 145 Å². The highest BCUT2D eigenvalue weighted by Crippen LogP contribution is 2.41. The molecular formula is C45H42. The Labute approximate surface area is 268 Å². The van der Waals surface area contributed by atoms with E-state index in [9.17, 15) is 0 Å². The molecule has 4 aromatic rings. The molecule has 4 aromatic carbocycles. The van der Waals surface area contributed by atoms with E-state index >= 15 is 0 Å². The van der Waals surface area contributed by atoms with Crippen molar-refractivity contribution in [2.24, 2.45) is 0 Å². The average Bonchev–Trinajstić information content (AvgIpc) is 3.27. The number of hydrogen-bond acceptors (Lipinski definition) is 0. The summed E-state index contributed by atoms with van der Waals surface area (Å²) in [5.74, 6) is 0. The fourth-order valence-corrected chi connectivity index (χ4v) is 6.21. The second-order valence-electron chi connectivity index (χ2n) is 11.7. The molecule has 0 saturated carbocycles. The van der Waals surface area contributed by atoms with Crippen molar-refractivity contribution in [3.05, 3.63) is 178 Å². The lowest BCUT2D eigenvalue weighted by Crippen LogP contribution is -2.02. The van der Waals surface area contributed by atoms with E-state index in [0.29, 0.717) is 0 Å². The van der Waals surface area contributed by atoms with Gasteiger partial charge in [0.1, 0.15) is 0 Å². The fraction of sp³-hybridized carbons (Fsp3) is 0.111. The zero-order chi connectivity index (χ0) is 32.1. The van der Waals surface area contributed by atoms with Crippen LogP contribution in [0.25, 0.3) is 57.0 Å². The summed E-state index contributed by atoms with van der Waals surface area (Å²) in [5.41, 5.74) is 11.9. The predicted octanol–water partition coefficient (Wildman–Crippen LogP) is 11.3. The predicted molar refractivity (Wildman–Crippen MR) is 202 cm³/mol. The van der Waals surface area contributed by atoms with Gasteiger partial charge in [-0.15, -0.1) is 0 Å². The number of hydrogen-bond donors (Lipinski definition) is 0. The molecule has 222 valence electrons. The lowest BCUT2D eigenvalue weighted by atomic mass is 9.85. The van der Waals surface area contributed by atoms with Gasteiger partial charge >= 0.3 is 0 Å². The van der Waals surface area contributed by atoms with Gasteiger partial charge < -0.3 is 0 Å². The molecule has 0 aromatic heterocycles. The van der Waals surface area contributed by atoms with Gasteiger partial charge in [-0.1, -0.05) is 147 Å². The summed E-state index contributed by atoms with van der Waals surface area (Å²) in [6, 6.07) is 30.1. The molecule has 0 saturated heterocycles. The minimum atomic E-state index is 0.956. The number of benzene rings is 3. The summed E-state index contributed by atoms with van der Waals surface area (Å²) >= 11 is 0. The standard InChI is InChI=1S/C45H42/c1-9-11-20-31(4)32(5)27-28-33(6)44-39-21-12-14-23-41(39)45(42-24-15-13-22-40(42)44)34(7)29-43-36(10-2)37-25-16-18-30(3)19-17-26-38(43)35(37)8/h9-29H,2-3,8H2,1,4-7H3/b11-9-,18-16?,19-17?,31-20+,32-27+,33-28+,34-29+,37-25?,38-26?. The van der Waals surface area contributed by atoms with E-state index in [2.05, 4.69) is 151 Å². The number of rotatable bonds is 7. The molecule has 0 heterocycles. The molecule has 0 radical (unpaired) electrons. The highest BCUT2D eigenvalue weighted by molar-refractivity contribution is 6.17. The third kappa shape index (κ3) is 6.24. The second kappa shape index (κ2) is 13.6. The van der Waals surface area contributed by atoms with E-state index in [0.717, 1.165) is 32.7 Å². The van der Waals surface area contributed by atoms with Crippen LogP contribution in [0, 0.1) is 0 Å². The Hall–Kier alpha value is -5.20. The van der Waals surface area contributed by atoms with Gasteiger partial charge in [-0.2, -0.15) is 0 Å². The molecule has 0 amide bonds. The van der Waals surface area contributed by atoms with Crippen LogP contribution in [0.3, 0.4) is 0 Å². The number of allylic oxidation sites excluding steroid dienone is 13. The summed E-state index contributed by atoms with van der Waals surface area (Å²) in [7, 11) is 0. The lowest BCUT2D eigenvalue weighted by Gasteiger charge is -2.18. The molecule has 0 heteroatoms. The van der Waals surface area contributed by atoms with E-state index in [1.54, 1.807) is 0 Å². The molecule has 1 aliphatic rings. The van der Waals surface area contributed by atoms with Crippen LogP contribution >= 0.6 is 0 Å². The molecule has 0 N–H and O–H groups in total. The Morgan fingerprint density at radius 3 is 1.56 bits per heavy atom. The molecule has 0 aliphatic heterocycles. The minimum Gasteiger partial charge on any atom is -0.0984 e. The normalized spacial score (nSPS) is 14.1. The maximum atomic E-state index is 4.48. The van der Waals surface area contributed by atoms with Crippen molar-refractivity contribution in [1.82, 2.24) is 0 Å². The Morgan fingerprint density at radius 2 is 1.04 bits per heavy atom. The van der Waals surface area contributed by atoms with Crippen LogP contribution < -0.4 is 10.4 Å². The van der Waals surface area contributed by atoms with Crippen molar-refractivity contribution in [2.45, 2.75) is 34.6 Å². The first kappa shape index (κ1) is 31.2. The van der Waals surface area contributed by atoms with Gasteiger partial charge in [0.05, 0.1) is 0 Å². The van der Waals surface area contributed by atoms with Gasteiger partial charge in [0.25, 0.3) is 0 Å². The van der Waals surface area contributed by atoms with Gasteiger partial charge in [-0.25, -0.2) is 0 Å². The van der Waals surface area contributed by atoms with Crippen LogP contribution in [0.1, 0.15) is 56.9 Å². The Balaban J connectivity index is 1.77. The lowest BCUT2D eigenvalue weighted by molar-refractivity contribution is 1.34. The summed E-state index contributed by atoms with van der Waals surface area (Å²) in [6.07, 6.45) is 15.1. The molecule has 0 spiro atoms. The topological polar surface area (TPSA) is 0 Å².